The van der Waals surface area contributed by atoms with E-state index in [2.05, 4.69) is 45.0 Å². The third kappa shape index (κ3) is 4.22. The van der Waals surface area contributed by atoms with Gasteiger partial charge in [-0.2, -0.15) is 0 Å². The normalized spacial score (nSPS) is 11.9. The van der Waals surface area contributed by atoms with Crippen molar-refractivity contribution in [1.29, 1.82) is 0 Å². The molecule has 118 valence electrons. The van der Waals surface area contributed by atoms with Gasteiger partial charge in [-0.15, -0.1) is 0 Å². The third-order valence-corrected chi connectivity index (χ3v) is 7.88. The average Bonchev–Trinajstić information content (AvgIpc) is 2.45. The van der Waals surface area contributed by atoms with E-state index in [-0.39, 0.29) is 17.1 Å². The fraction of sp³-hybridized carbons (Fsp3) is 0.278. The van der Waals surface area contributed by atoms with Crippen LogP contribution in [0.25, 0.3) is 0 Å². The van der Waals surface area contributed by atoms with Gasteiger partial charge in [0.05, 0.1) is 0 Å². The molecule has 2 rings (SSSR count). The molecule has 0 unspecified atom stereocenters. The van der Waals surface area contributed by atoms with E-state index >= 15 is 0 Å². The fourth-order valence-electron chi connectivity index (χ4n) is 1.94. The van der Waals surface area contributed by atoms with E-state index in [0.717, 1.165) is 7.14 Å². The molecule has 2 aromatic carbocycles. The summed E-state index contributed by atoms with van der Waals surface area (Å²) in [6.07, 6.45) is 0. The molecule has 0 fully saturated rings. The van der Waals surface area contributed by atoms with Gasteiger partial charge in [0, 0.05) is 0 Å². The summed E-state index contributed by atoms with van der Waals surface area (Å²) < 4.78 is 7.68. The van der Waals surface area contributed by atoms with E-state index < -0.39 is 20.2 Å². The van der Waals surface area contributed by atoms with Gasteiger partial charge >= 0.3 is 139 Å². The van der Waals surface area contributed by atoms with Crippen molar-refractivity contribution < 1.29 is 13.0 Å². The maximum atomic E-state index is 11.5. The number of hydrogen-bond acceptors (Lipinski definition) is 3. The van der Waals surface area contributed by atoms with Crippen molar-refractivity contribution in [1.82, 2.24) is 0 Å². The third-order valence-electron chi connectivity index (χ3n) is 3.12. The van der Waals surface area contributed by atoms with E-state index in [1.807, 2.05) is 12.1 Å². The number of phenols is 1. The molecular weight excluding hydrogens is 391 g/mol. The van der Waals surface area contributed by atoms with Crippen LogP contribution in [0.2, 0.25) is 0 Å². The molecule has 0 radical (unpaired) electrons. The van der Waals surface area contributed by atoms with Gasteiger partial charge in [0.1, 0.15) is 0 Å². The van der Waals surface area contributed by atoms with Crippen LogP contribution >= 0.6 is 20.2 Å². The Kier molecular flexibility index (Phi) is 5.11. The SMILES string of the molecule is CC(=O)OI(c1ccc(O)cc1)c1ccc(C(C)(C)C)cc1. The van der Waals surface area contributed by atoms with Gasteiger partial charge < -0.3 is 0 Å². The number of carbonyl (C=O) groups excluding carboxylic acids is 1. The molecule has 4 heteroatoms. The molecule has 0 aliphatic carbocycles. The van der Waals surface area contributed by atoms with E-state index in [9.17, 15) is 9.90 Å². The molecule has 0 amide bonds. The van der Waals surface area contributed by atoms with E-state index in [1.165, 1.54) is 12.5 Å². The standard InChI is InChI=1S/C18H21IO3/c1-13(20)22-19(16-9-11-17(21)12-10-16)15-7-5-14(6-8-15)18(2,3)4/h5-12,21H,1-4H3. The second kappa shape index (κ2) is 6.69. The van der Waals surface area contributed by atoms with Crippen molar-refractivity contribution in [3.05, 3.63) is 61.2 Å². The van der Waals surface area contributed by atoms with Gasteiger partial charge in [-0.25, -0.2) is 0 Å². The Hall–Kier alpha value is -1.56. The quantitative estimate of drug-likeness (QED) is 0.743. The van der Waals surface area contributed by atoms with Crippen LogP contribution in [0.3, 0.4) is 0 Å². The summed E-state index contributed by atoms with van der Waals surface area (Å²) in [7, 11) is 0. The van der Waals surface area contributed by atoms with Crippen molar-refractivity contribution in [2.75, 3.05) is 0 Å². The van der Waals surface area contributed by atoms with Gasteiger partial charge in [0.25, 0.3) is 0 Å². The fourth-order valence-corrected chi connectivity index (χ4v) is 5.82. The Morgan fingerprint density at radius 2 is 1.41 bits per heavy atom. The molecule has 0 saturated carbocycles. The zero-order chi connectivity index (χ0) is 16.3. The molecule has 0 aromatic heterocycles. The molecule has 0 aliphatic heterocycles. The molecule has 0 spiro atoms. The second-order valence-corrected chi connectivity index (χ2v) is 10.4. The average molecular weight is 412 g/mol. The molecular formula is C18H21IO3. The summed E-state index contributed by atoms with van der Waals surface area (Å²) >= 11 is -2.27. The predicted octanol–water partition coefficient (Wildman–Crippen LogP) is 4.71. The number of hydrogen-bond donors (Lipinski definition) is 1. The zero-order valence-corrected chi connectivity index (χ0v) is 15.4. The maximum absolute atomic E-state index is 11.5. The molecule has 3 nitrogen and oxygen atoms in total. The summed E-state index contributed by atoms with van der Waals surface area (Å²) in [6.45, 7) is 7.95. The number of aromatic hydroxyl groups is 1. The number of benzene rings is 2. The number of halogens is 1. The van der Waals surface area contributed by atoms with Crippen molar-refractivity contribution in [3.8, 4) is 5.75 Å². The molecule has 0 atom stereocenters. The topological polar surface area (TPSA) is 46.5 Å². The summed E-state index contributed by atoms with van der Waals surface area (Å²) in [5, 5.41) is 9.43. The van der Waals surface area contributed by atoms with Crippen LogP contribution in [-0.2, 0) is 13.3 Å². The Morgan fingerprint density at radius 1 is 0.955 bits per heavy atom. The van der Waals surface area contributed by atoms with E-state index in [4.69, 9.17) is 3.07 Å². The van der Waals surface area contributed by atoms with Crippen LogP contribution in [0.5, 0.6) is 5.75 Å². The minimum atomic E-state index is -2.27. The molecule has 0 saturated heterocycles. The minimum absolute atomic E-state index is 0.0948. The van der Waals surface area contributed by atoms with Crippen LogP contribution in [0, 0.1) is 7.14 Å². The van der Waals surface area contributed by atoms with Gasteiger partial charge in [-0.05, 0) is 0 Å². The number of phenolic OH excluding ortho intramolecular Hbond substituents is 1. The monoisotopic (exact) mass is 412 g/mol. The first-order chi connectivity index (χ1) is 10.3. The van der Waals surface area contributed by atoms with E-state index in [0.29, 0.717) is 0 Å². The van der Waals surface area contributed by atoms with Gasteiger partial charge in [0.15, 0.2) is 0 Å². The number of carbonyl (C=O) groups is 1. The van der Waals surface area contributed by atoms with Crippen molar-refractivity contribution in [3.63, 3.8) is 0 Å². The summed E-state index contributed by atoms with van der Waals surface area (Å²) in [5.74, 6) is -0.0522. The summed E-state index contributed by atoms with van der Waals surface area (Å²) in [5.41, 5.74) is 1.35. The van der Waals surface area contributed by atoms with Gasteiger partial charge in [-0.1, -0.05) is 0 Å². The Morgan fingerprint density at radius 3 is 1.82 bits per heavy atom. The van der Waals surface area contributed by atoms with Crippen LogP contribution < -0.4 is 0 Å². The van der Waals surface area contributed by atoms with Crippen molar-refractivity contribution in [2.24, 2.45) is 0 Å². The molecule has 0 aliphatic rings. The summed E-state index contributed by atoms with van der Waals surface area (Å²) in [6, 6.07) is 15.2. The van der Waals surface area contributed by atoms with Gasteiger partial charge in [0.2, 0.25) is 0 Å². The van der Waals surface area contributed by atoms with Crippen molar-refractivity contribution in [2.45, 2.75) is 33.1 Å². The summed E-state index contributed by atoms with van der Waals surface area (Å²) in [4.78, 5) is 11.5. The zero-order valence-electron chi connectivity index (χ0n) is 13.3. The number of rotatable bonds is 3. The van der Waals surface area contributed by atoms with Crippen LogP contribution in [0.15, 0.2) is 48.5 Å². The van der Waals surface area contributed by atoms with Crippen LogP contribution in [-0.4, -0.2) is 11.1 Å². The Bertz CT molecular complexity index is 640. The molecule has 0 bridgehead atoms. The predicted molar refractivity (Wildman–Crippen MR) is 96.4 cm³/mol. The van der Waals surface area contributed by atoms with Crippen molar-refractivity contribution >= 4 is 26.2 Å². The Labute approximate surface area is 139 Å². The molecule has 22 heavy (non-hydrogen) atoms. The van der Waals surface area contributed by atoms with E-state index in [1.54, 1.807) is 12.1 Å². The van der Waals surface area contributed by atoms with Crippen LogP contribution in [0.4, 0.5) is 0 Å². The first kappa shape index (κ1) is 16.8. The van der Waals surface area contributed by atoms with Gasteiger partial charge in [-0.3, -0.25) is 0 Å². The first-order valence-electron chi connectivity index (χ1n) is 7.06. The first-order valence-corrected chi connectivity index (χ1v) is 10.1. The van der Waals surface area contributed by atoms with Crippen LogP contribution in [0.1, 0.15) is 33.3 Å². The molecule has 2 aromatic rings. The second-order valence-electron chi connectivity index (χ2n) is 6.05. The Balaban J connectivity index is 2.37. The molecule has 0 heterocycles. The molecule has 1 N–H and O–H groups in total.